The molecule has 0 aromatic heterocycles. The van der Waals surface area contributed by atoms with Crippen LogP contribution >= 0.6 is 0 Å². The summed E-state index contributed by atoms with van der Waals surface area (Å²) < 4.78 is 0. The topological polar surface area (TPSA) is 150 Å². The molecule has 0 aromatic carbocycles. The van der Waals surface area contributed by atoms with Gasteiger partial charge in [-0.25, -0.2) is 43.8 Å². The minimum atomic E-state index is -0.416. The van der Waals surface area contributed by atoms with E-state index in [0.717, 1.165) is 70.6 Å². The van der Waals surface area contributed by atoms with Gasteiger partial charge in [-0.05, 0) is 38.5 Å². The van der Waals surface area contributed by atoms with Crippen molar-refractivity contribution in [1.29, 1.82) is 0 Å². The highest BCUT2D eigenvalue weighted by atomic mass is 16.2. The minimum Gasteiger partial charge on any atom is -0.338 e. The number of carbonyl (C=O) groups excluding carboxylic acids is 5. The minimum absolute atomic E-state index is 0.308. The van der Waals surface area contributed by atoms with Crippen LogP contribution in [0.1, 0.15) is 77.0 Å². The zero-order valence-corrected chi connectivity index (χ0v) is 20.1. The van der Waals surface area contributed by atoms with E-state index in [4.69, 9.17) is 0 Å². The van der Waals surface area contributed by atoms with E-state index in [-0.39, 0.29) is 0 Å². The normalized spacial score (nSPS) is 9.76. The molecule has 34 heavy (non-hydrogen) atoms. The fraction of sp³-hybridized carbons (Fsp3) is 0.783. The number of imide groups is 1. The van der Waals surface area contributed by atoms with Gasteiger partial charge in [0, 0.05) is 19.6 Å². The summed E-state index contributed by atoms with van der Waals surface area (Å²) in [6.45, 7) is 2.62. The summed E-state index contributed by atoms with van der Waals surface area (Å²) in [5.74, 6) is 0. The fourth-order valence-electron chi connectivity index (χ4n) is 3.17. The Morgan fingerprint density at radius 2 is 0.882 bits per heavy atom. The van der Waals surface area contributed by atoms with Crippen molar-refractivity contribution < 1.29 is 24.0 Å². The van der Waals surface area contributed by atoms with Gasteiger partial charge >= 0.3 is 12.1 Å². The van der Waals surface area contributed by atoms with Crippen molar-refractivity contribution >= 4 is 30.3 Å². The van der Waals surface area contributed by atoms with Gasteiger partial charge in [0.25, 0.3) is 0 Å². The molecule has 0 radical (unpaired) electrons. The second-order valence-electron chi connectivity index (χ2n) is 7.78. The molecule has 0 atom stereocenters. The maximum Gasteiger partial charge on any atom is 0.325 e. The third-order valence-corrected chi connectivity index (χ3v) is 5.03. The molecule has 0 aliphatic carbocycles. The van der Waals surface area contributed by atoms with Crippen LogP contribution in [0.25, 0.3) is 0 Å². The Bertz CT molecular complexity index is 654. The molecule has 0 saturated heterocycles. The Morgan fingerprint density at radius 1 is 0.529 bits per heavy atom. The zero-order chi connectivity index (χ0) is 25.1. The molecule has 0 saturated carbocycles. The molecule has 0 heterocycles. The van der Waals surface area contributed by atoms with Crippen molar-refractivity contribution in [1.82, 2.24) is 15.5 Å². The number of nitrogens with one attached hydrogen (secondary N) is 2. The van der Waals surface area contributed by atoms with Crippen LogP contribution in [0.2, 0.25) is 0 Å². The van der Waals surface area contributed by atoms with Crippen LogP contribution in [0.5, 0.6) is 0 Å². The van der Waals surface area contributed by atoms with Crippen molar-refractivity contribution in [3.63, 3.8) is 0 Å². The molecule has 2 N–H and O–H groups in total. The van der Waals surface area contributed by atoms with E-state index in [2.05, 4.69) is 25.6 Å². The first kappa shape index (κ1) is 30.9. The molecular weight excluding hydrogens is 440 g/mol. The highest BCUT2D eigenvalue weighted by molar-refractivity contribution is 5.93. The van der Waals surface area contributed by atoms with E-state index in [1.165, 1.54) is 23.1 Å². The van der Waals surface area contributed by atoms with Crippen LogP contribution in [0, 0.1) is 0 Å². The van der Waals surface area contributed by atoms with Crippen LogP contribution in [0.15, 0.2) is 15.0 Å². The van der Waals surface area contributed by atoms with E-state index < -0.39 is 12.1 Å². The molecular formula is C23H38N6O5. The molecule has 4 amide bonds. The number of amides is 4. The van der Waals surface area contributed by atoms with Crippen LogP contribution in [-0.2, 0) is 14.4 Å². The number of hydrogen-bond donors (Lipinski definition) is 2. The van der Waals surface area contributed by atoms with E-state index >= 15 is 0 Å². The molecule has 190 valence electrons. The molecule has 0 fully saturated rings. The van der Waals surface area contributed by atoms with Crippen LogP contribution in [0.4, 0.5) is 9.59 Å². The van der Waals surface area contributed by atoms with Gasteiger partial charge in [0.1, 0.15) is 0 Å². The second kappa shape index (κ2) is 24.5. The maximum absolute atomic E-state index is 12.6. The van der Waals surface area contributed by atoms with Gasteiger partial charge in [-0.15, -0.1) is 0 Å². The summed E-state index contributed by atoms with van der Waals surface area (Å²) >= 11 is 0. The Balaban J connectivity index is 4.35. The summed E-state index contributed by atoms with van der Waals surface area (Å²) in [4.78, 5) is 67.0. The molecule has 0 aliphatic heterocycles. The average molecular weight is 479 g/mol. The second-order valence-corrected chi connectivity index (χ2v) is 7.78. The lowest BCUT2D eigenvalue weighted by atomic mass is 10.2. The maximum atomic E-state index is 12.6. The number of hydrogen-bond acceptors (Lipinski definition) is 8. The van der Waals surface area contributed by atoms with Gasteiger partial charge < -0.3 is 10.6 Å². The number of urea groups is 2. The highest BCUT2D eigenvalue weighted by Crippen LogP contribution is 2.05. The Morgan fingerprint density at radius 3 is 1.26 bits per heavy atom. The van der Waals surface area contributed by atoms with Crippen LogP contribution in [-0.4, -0.2) is 74.5 Å². The molecule has 0 aliphatic rings. The summed E-state index contributed by atoms with van der Waals surface area (Å²) in [6.07, 6.45) is 14.4. The highest BCUT2D eigenvalue weighted by Gasteiger charge is 2.20. The van der Waals surface area contributed by atoms with Crippen molar-refractivity contribution in [2.24, 2.45) is 15.0 Å². The average Bonchev–Trinajstić information content (AvgIpc) is 2.84. The SMILES string of the molecule is O=C=NCCCCCCNC(=O)N(CCCCCCN=C=O)C(=O)NCCCCCCN=C=O. The summed E-state index contributed by atoms with van der Waals surface area (Å²) in [5.41, 5.74) is 0. The van der Waals surface area contributed by atoms with Gasteiger partial charge in [0.2, 0.25) is 18.2 Å². The third-order valence-electron chi connectivity index (χ3n) is 5.03. The molecule has 0 spiro atoms. The summed E-state index contributed by atoms with van der Waals surface area (Å²) in [6, 6.07) is -0.833. The van der Waals surface area contributed by atoms with Crippen LogP contribution < -0.4 is 10.6 Å². The predicted molar refractivity (Wildman–Crippen MR) is 128 cm³/mol. The predicted octanol–water partition coefficient (Wildman–Crippen LogP) is 3.40. The van der Waals surface area contributed by atoms with Gasteiger partial charge in [0.15, 0.2) is 0 Å². The number of carbonyl (C=O) groups is 2. The standard InChI is InChI=1S/C23H38N6O5/c30-19-24-13-7-1-3-10-16-27-22(33)29(18-12-6-5-9-15-26-21-32)23(34)28-17-11-4-2-8-14-25-20-31/h1-18H2,(H,27,33)(H,28,34). The number of isocyanates is 3. The van der Waals surface area contributed by atoms with E-state index in [0.29, 0.717) is 45.7 Å². The van der Waals surface area contributed by atoms with Crippen molar-refractivity contribution in [2.75, 3.05) is 39.3 Å². The van der Waals surface area contributed by atoms with Crippen molar-refractivity contribution in [3.05, 3.63) is 0 Å². The van der Waals surface area contributed by atoms with E-state index in [1.54, 1.807) is 0 Å². The third kappa shape index (κ3) is 19.6. The number of unbranched alkanes of at least 4 members (excludes halogenated alkanes) is 9. The Hall–Kier alpha value is -3.12. The zero-order valence-electron chi connectivity index (χ0n) is 20.1. The Labute approximate surface area is 201 Å². The van der Waals surface area contributed by atoms with Gasteiger partial charge in [-0.2, -0.15) is 0 Å². The lowest BCUT2D eigenvalue weighted by Crippen LogP contribution is -2.49. The smallest absolute Gasteiger partial charge is 0.325 e. The van der Waals surface area contributed by atoms with Crippen molar-refractivity contribution in [2.45, 2.75) is 77.0 Å². The summed E-state index contributed by atoms with van der Waals surface area (Å²) in [5, 5.41) is 5.61. The lowest BCUT2D eigenvalue weighted by Gasteiger charge is -2.22. The largest absolute Gasteiger partial charge is 0.338 e. The lowest BCUT2D eigenvalue weighted by molar-refractivity contribution is 0.184. The first-order valence-corrected chi connectivity index (χ1v) is 12.1. The number of aliphatic imine (C=N–C) groups is 3. The quantitative estimate of drug-likeness (QED) is 0.147. The number of rotatable bonds is 21. The molecule has 0 unspecified atom stereocenters. The number of nitrogens with zero attached hydrogens (tertiary/aromatic N) is 4. The molecule has 11 heteroatoms. The molecule has 11 nitrogen and oxygen atoms in total. The van der Waals surface area contributed by atoms with E-state index in [9.17, 15) is 24.0 Å². The van der Waals surface area contributed by atoms with Gasteiger partial charge in [0.05, 0.1) is 19.6 Å². The molecule has 0 rings (SSSR count). The molecule has 0 aromatic rings. The Kier molecular flexibility index (Phi) is 22.3. The van der Waals surface area contributed by atoms with Crippen molar-refractivity contribution in [3.8, 4) is 0 Å². The monoisotopic (exact) mass is 478 g/mol. The van der Waals surface area contributed by atoms with E-state index in [1.807, 2.05) is 0 Å². The first-order valence-electron chi connectivity index (χ1n) is 12.1. The first-order chi connectivity index (χ1) is 16.7. The summed E-state index contributed by atoms with van der Waals surface area (Å²) in [7, 11) is 0. The van der Waals surface area contributed by atoms with Gasteiger partial charge in [-0.3, -0.25) is 0 Å². The van der Waals surface area contributed by atoms with Gasteiger partial charge in [-0.1, -0.05) is 38.5 Å². The van der Waals surface area contributed by atoms with Crippen LogP contribution in [0.3, 0.4) is 0 Å². The fourth-order valence-corrected chi connectivity index (χ4v) is 3.17. The molecule has 0 bridgehead atoms.